The molecule has 0 aromatic rings. The van der Waals surface area contributed by atoms with E-state index in [9.17, 15) is 0 Å². The standard InChI is InChI=1S/C15H28N2/c1-2-4-6-13(5-3-1)11-16-14-9-10-17(12-14)15-7-8-15/h13-16H,1-12H2. The van der Waals surface area contributed by atoms with Gasteiger partial charge in [0.05, 0.1) is 0 Å². The Labute approximate surface area is 106 Å². The first-order chi connectivity index (χ1) is 8.42. The van der Waals surface area contributed by atoms with Crippen molar-refractivity contribution in [3.8, 4) is 0 Å². The summed E-state index contributed by atoms with van der Waals surface area (Å²) in [6.45, 7) is 3.98. The number of nitrogens with zero attached hydrogens (tertiary/aromatic N) is 1. The van der Waals surface area contributed by atoms with Gasteiger partial charge in [-0.2, -0.15) is 0 Å². The molecule has 1 heterocycles. The molecule has 2 heteroatoms. The summed E-state index contributed by atoms with van der Waals surface area (Å²) in [7, 11) is 0. The van der Waals surface area contributed by atoms with Crippen LogP contribution in [0.1, 0.15) is 57.8 Å². The summed E-state index contributed by atoms with van der Waals surface area (Å²) in [4.78, 5) is 2.71. The third-order valence-electron chi connectivity index (χ3n) is 4.95. The van der Waals surface area contributed by atoms with Crippen LogP contribution in [-0.2, 0) is 0 Å². The van der Waals surface area contributed by atoms with Crippen molar-refractivity contribution in [2.24, 2.45) is 5.92 Å². The summed E-state index contributed by atoms with van der Waals surface area (Å²) in [5, 5.41) is 3.85. The Hall–Kier alpha value is -0.0800. The highest BCUT2D eigenvalue weighted by Gasteiger charge is 2.34. The molecule has 0 amide bonds. The van der Waals surface area contributed by atoms with Crippen molar-refractivity contribution >= 4 is 0 Å². The molecule has 3 rings (SSSR count). The van der Waals surface area contributed by atoms with Gasteiger partial charge in [-0.25, -0.2) is 0 Å². The molecular formula is C15H28N2. The van der Waals surface area contributed by atoms with Crippen LogP contribution < -0.4 is 5.32 Å². The van der Waals surface area contributed by atoms with Gasteiger partial charge in [-0.05, 0) is 44.6 Å². The Bertz CT molecular complexity index is 229. The number of hydrogen-bond donors (Lipinski definition) is 1. The van der Waals surface area contributed by atoms with Crippen molar-refractivity contribution in [2.75, 3.05) is 19.6 Å². The first-order valence-corrected chi connectivity index (χ1v) is 7.89. The van der Waals surface area contributed by atoms with Crippen LogP contribution in [-0.4, -0.2) is 36.6 Å². The zero-order chi connectivity index (χ0) is 11.5. The van der Waals surface area contributed by atoms with Crippen LogP contribution in [0, 0.1) is 5.92 Å². The molecule has 0 radical (unpaired) electrons. The zero-order valence-corrected chi connectivity index (χ0v) is 11.2. The second-order valence-electron chi connectivity index (χ2n) is 6.48. The Balaban J connectivity index is 1.36. The van der Waals surface area contributed by atoms with E-state index in [1.165, 1.54) is 77.4 Å². The minimum absolute atomic E-state index is 0.804. The number of nitrogens with one attached hydrogen (secondary N) is 1. The van der Waals surface area contributed by atoms with Gasteiger partial charge < -0.3 is 5.32 Å². The molecule has 2 saturated carbocycles. The lowest BCUT2D eigenvalue weighted by atomic mass is 10.00. The molecule has 1 atom stereocenters. The Morgan fingerprint density at radius 2 is 1.65 bits per heavy atom. The van der Waals surface area contributed by atoms with Gasteiger partial charge in [0.25, 0.3) is 0 Å². The SMILES string of the molecule is C1CCCC(CNC2CCN(C3CC3)C2)CC1. The van der Waals surface area contributed by atoms with E-state index in [1.807, 2.05) is 0 Å². The van der Waals surface area contributed by atoms with Crippen LogP contribution in [0.3, 0.4) is 0 Å². The minimum Gasteiger partial charge on any atom is -0.312 e. The van der Waals surface area contributed by atoms with Crippen molar-refractivity contribution in [1.29, 1.82) is 0 Å². The Morgan fingerprint density at radius 3 is 2.35 bits per heavy atom. The molecule has 1 N–H and O–H groups in total. The monoisotopic (exact) mass is 236 g/mol. The zero-order valence-electron chi connectivity index (χ0n) is 11.2. The lowest BCUT2D eigenvalue weighted by molar-refractivity contribution is 0.312. The number of likely N-dealkylation sites (tertiary alicyclic amines) is 1. The van der Waals surface area contributed by atoms with Crippen molar-refractivity contribution in [2.45, 2.75) is 69.9 Å². The molecule has 3 aliphatic rings. The molecule has 3 fully saturated rings. The predicted octanol–water partition coefficient (Wildman–Crippen LogP) is 2.78. The highest BCUT2D eigenvalue weighted by atomic mass is 15.2. The first kappa shape index (κ1) is 12.0. The Kier molecular flexibility index (Phi) is 4.02. The van der Waals surface area contributed by atoms with Gasteiger partial charge in [0.1, 0.15) is 0 Å². The molecule has 2 nitrogen and oxygen atoms in total. The van der Waals surface area contributed by atoms with Gasteiger partial charge in [-0.1, -0.05) is 25.7 Å². The van der Waals surface area contributed by atoms with E-state index in [0.717, 1.165) is 18.0 Å². The second kappa shape index (κ2) is 5.71. The fraction of sp³-hybridized carbons (Fsp3) is 1.00. The van der Waals surface area contributed by atoms with E-state index in [4.69, 9.17) is 0 Å². The fourth-order valence-electron chi connectivity index (χ4n) is 3.63. The quantitative estimate of drug-likeness (QED) is 0.755. The van der Waals surface area contributed by atoms with Crippen LogP contribution in [0.5, 0.6) is 0 Å². The van der Waals surface area contributed by atoms with Gasteiger partial charge in [0, 0.05) is 25.2 Å². The molecule has 0 bridgehead atoms. The average Bonchev–Trinajstić information content (AvgIpc) is 3.13. The molecule has 0 aromatic heterocycles. The number of rotatable bonds is 4. The topological polar surface area (TPSA) is 15.3 Å². The normalized spacial score (nSPS) is 32.8. The predicted molar refractivity (Wildman–Crippen MR) is 72.2 cm³/mol. The van der Waals surface area contributed by atoms with E-state index in [0.29, 0.717) is 0 Å². The highest BCUT2D eigenvalue weighted by molar-refractivity contribution is 4.92. The van der Waals surface area contributed by atoms with Gasteiger partial charge in [-0.15, -0.1) is 0 Å². The maximum atomic E-state index is 3.85. The fourth-order valence-corrected chi connectivity index (χ4v) is 3.63. The molecule has 0 spiro atoms. The third-order valence-corrected chi connectivity index (χ3v) is 4.95. The van der Waals surface area contributed by atoms with Gasteiger partial charge >= 0.3 is 0 Å². The molecule has 1 aliphatic heterocycles. The second-order valence-corrected chi connectivity index (χ2v) is 6.48. The van der Waals surface area contributed by atoms with E-state index in [1.54, 1.807) is 0 Å². The van der Waals surface area contributed by atoms with Crippen molar-refractivity contribution < 1.29 is 0 Å². The molecule has 0 aromatic carbocycles. The van der Waals surface area contributed by atoms with Gasteiger partial charge in [-0.3, -0.25) is 4.90 Å². The van der Waals surface area contributed by atoms with Crippen LogP contribution in [0.15, 0.2) is 0 Å². The minimum atomic E-state index is 0.804. The maximum absolute atomic E-state index is 3.85. The summed E-state index contributed by atoms with van der Waals surface area (Å²) in [5.41, 5.74) is 0. The van der Waals surface area contributed by atoms with Crippen LogP contribution in [0.25, 0.3) is 0 Å². The molecule has 98 valence electrons. The molecule has 1 saturated heterocycles. The van der Waals surface area contributed by atoms with Crippen molar-refractivity contribution in [3.63, 3.8) is 0 Å². The summed E-state index contributed by atoms with van der Waals surface area (Å²) >= 11 is 0. The van der Waals surface area contributed by atoms with Gasteiger partial charge in [0.15, 0.2) is 0 Å². The average molecular weight is 236 g/mol. The van der Waals surface area contributed by atoms with E-state index < -0.39 is 0 Å². The largest absolute Gasteiger partial charge is 0.312 e. The molecule has 1 unspecified atom stereocenters. The van der Waals surface area contributed by atoms with E-state index >= 15 is 0 Å². The lowest BCUT2D eigenvalue weighted by Gasteiger charge is -2.19. The third kappa shape index (κ3) is 3.45. The molecule has 17 heavy (non-hydrogen) atoms. The summed E-state index contributed by atoms with van der Waals surface area (Å²) < 4.78 is 0. The summed E-state index contributed by atoms with van der Waals surface area (Å²) in [6.07, 6.45) is 13.2. The van der Waals surface area contributed by atoms with Crippen LogP contribution in [0.2, 0.25) is 0 Å². The smallest absolute Gasteiger partial charge is 0.0207 e. The van der Waals surface area contributed by atoms with Gasteiger partial charge in [0.2, 0.25) is 0 Å². The highest BCUT2D eigenvalue weighted by Crippen LogP contribution is 2.30. The van der Waals surface area contributed by atoms with E-state index in [-0.39, 0.29) is 0 Å². The van der Waals surface area contributed by atoms with Crippen LogP contribution in [0.4, 0.5) is 0 Å². The van der Waals surface area contributed by atoms with Crippen molar-refractivity contribution in [3.05, 3.63) is 0 Å². The summed E-state index contributed by atoms with van der Waals surface area (Å²) in [5.74, 6) is 0.979. The Morgan fingerprint density at radius 1 is 0.882 bits per heavy atom. The van der Waals surface area contributed by atoms with Crippen LogP contribution >= 0.6 is 0 Å². The number of hydrogen-bond acceptors (Lipinski definition) is 2. The molecule has 2 aliphatic carbocycles. The lowest BCUT2D eigenvalue weighted by Crippen LogP contribution is -2.36. The maximum Gasteiger partial charge on any atom is 0.0207 e. The molecular weight excluding hydrogens is 208 g/mol. The first-order valence-electron chi connectivity index (χ1n) is 7.89. The summed E-state index contributed by atoms with van der Waals surface area (Å²) in [6, 6.07) is 1.78. The van der Waals surface area contributed by atoms with Crippen molar-refractivity contribution in [1.82, 2.24) is 10.2 Å². The van der Waals surface area contributed by atoms with E-state index in [2.05, 4.69) is 10.2 Å².